The van der Waals surface area contributed by atoms with Gasteiger partial charge in [0, 0.05) is 0 Å². The Morgan fingerprint density at radius 2 is 2.07 bits per heavy atom. The molecule has 0 spiro atoms. The SMILES string of the molecule is O=C1CC(=O)N(c2cccc(Br)c2F)C1. The molecule has 0 aliphatic carbocycles. The third kappa shape index (κ3) is 1.79. The van der Waals surface area contributed by atoms with Crippen LogP contribution < -0.4 is 4.90 Å². The normalized spacial score (nSPS) is 16.3. The molecule has 0 bridgehead atoms. The first-order valence-electron chi connectivity index (χ1n) is 4.35. The van der Waals surface area contributed by atoms with Crippen molar-refractivity contribution in [3.05, 3.63) is 28.5 Å². The topological polar surface area (TPSA) is 37.4 Å². The maximum absolute atomic E-state index is 13.6. The number of amides is 1. The average Bonchev–Trinajstić information content (AvgIpc) is 2.50. The van der Waals surface area contributed by atoms with E-state index in [2.05, 4.69) is 15.9 Å². The summed E-state index contributed by atoms with van der Waals surface area (Å²) in [4.78, 5) is 23.6. The summed E-state index contributed by atoms with van der Waals surface area (Å²) < 4.78 is 13.9. The number of carbonyl (C=O) groups excluding carboxylic acids is 2. The first-order valence-corrected chi connectivity index (χ1v) is 5.15. The van der Waals surface area contributed by atoms with Crippen LogP contribution in [0.5, 0.6) is 0 Å². The van der Waals surface area contributed by atoms with Crippen LogP contribution in [0.1, 0.15) is 6.42 Å². The lowest BCUT2D eigenvalue weighted by Gasteiger charge is -2.15. The molecule has 1 saturated heterocycles. The Morgan fingerprint density at radius 1 is 1.33 bits per heavy atom. The van der Waals surface area contributed by atoms with Crippen LogP contribution in [-0.4, -0.2) is 18.2 Å². The van der Waals surface area contributed by atoms with Gasteiger partial charge in [-0.25, -0.2) is 4.39 Å². The molecular weight excluding hydrogens is 265 g/mol. The second-order valence-electron chi connectivity index (χ2n) is 3.27. The summed E-state index contributed by atoms with van der Waals surface area (Å²) in [6, 6.07) is 4.65. The number of anilines is 1. The van der Waals surface area contributed by atoms with E-state index in [4.69, 9.17) is 0 Å². The van der Waals surface area contributed by atoms with Gasteiger partial charge in [-0.1, -0.05) is 6.07 Å². The van der Waals surface area contributed by atoms with Crippen LogP contribution in [0, 0.1) is 5.82 Å². The van der Waals surface area contributed by atoms with E-state index in [0.717, 1.165) is 0 Å². The van der Waals surface area contributed by atoms with Crippen molar-refractivity contribution >= 4 is 33.3 Å². The van der Waals surface area contributed by atoms with Crippen LogP contribution >= 0.6 is 15.9 Å². The van der Waals surface area contributed by atoms with Crippen LogP contribution in [0.25, 0.3) is 0 Å². The van der Waals surface area contributed by atoms with Crippen molar-refractivity contribution in [1.82, 2.24) is 0 Å². The van der Waals surface area contributed by atoms with E-state index in [1.165, 1.54) is 11.0 Å². The largest absolute Gasteiger partial charge is 0.302 e. The van der Waals surface area contributed by atoms with Crippen molar-refractivity contribution in [2.75, 3.05) is 11.4 Å². The molecular formula is C10H7BrFNO2. The predicted molar refractivity (Wildman–Crippen MR) is 56.1 cm³/mol. The number of rotatable bonds is 1. The van der Waals surface area contributed by atoms with E-state index in [-0.39, 0.29) is 34.8 Å². The minimum Gasteiger partial charge on any atom is -0.302 e. The first-order chi connectivity index (χ1) is 7.09. The molecule has 1 heterocycles. The molecule has 1 amide bonds. The second-order valence-corrected chi connectivity index (χ2v) is 4.12. The summed E-state index contributed by atoms with van der Waals surface area (Å²) in [6.07, 6.45) is -0.133. The molecule has 0 atom stereocenters. The minimum atomic E-state index is -0.513. The fourth-order valence-electron chi connectivity index (χ4n) is 1.50. The zero-order valence-electron chi connectivity index (χ0n) is 7.67. The standard InChI is InChI=1S/C10H7BrFNO2/c11-7-2-1-3-8(10(7)12)13-5-6(14)4-9(13)15/h1-3H,4-5H2. The summed E-state index contributed by atoms with van der Waals surface area (Å²) in [6.45, 7) is -0.0355. The molecule has 2 rings (SSSR count). The van der Waals surface area contributed by atoms with Crippen molar-refractivity contribution in [3.8, 4) is 0 Å². The van der Waals surface area contributed by atoms with E-state index in [1.54, 1.807) is 12.1 Å². The van der Waals surface area contributed by atoms with E-state index in [9.17, 15) is 14.0 Å². The first kappa shape index (κ1) is 10.3. The number of ketones is 1. The van der Waals surface area contributed by atoms with E-state index < -0.39 is 5.82 Å². The van der Waals surface area contributed by atoms with Gasteiger partial charge in [-0.05, 0) is 28.1 Å². The van der Waals surface area contributed by atoms with Gasteiger partial charge in [-0.15, -0.1) is 0 Å². The molecule has 1 aliphatic rings. The van der Waals surface area contributed by atoms with Gasteiger partial charge in [0.1, 0.15) is 0 Å². The summed E-state index contributed by atoms with van der Waals surface area (Å²) in [5.41, 5.74) is 0.153. The number of hydrogen-bond donors (Lipinski definition) is 0. The third-order valence-electron chi connectivity index (χ3n) is 2.21. The van der Waals surface area contributed by atoms with Crippen LogP contribution in [0.4, 0.5) is 10.1 Å². The van der Waals surface area contributed by atoms with Crippen LogP contribution in [0.3, 0.4) is 0 Å². The van der Waals surface area contributed by atoms with E-state index in [1.807, 2.05) is 0 Å². The lowest BCUT2D eigenvalue weighted by molar-refractivity contribution is -0.121. The number of carbonyl (C=O) groups is 2. The Balaban J connectivity index is 2.42. The quantitative estimate of drug-likeness (QED) is 0.732. The summed E-state index contributed by atoms with van der Waals surface area (Å²) in [7, 11) is 0. The summed E-state index contributed by atoms with van der Waals surface area (Å²) in [5, 5.41) is 0. The molecule has 1 aromatic rings. The zero-order chi connectivity index (χ0) is 11.0. The van der Waals surface area contributed by atoms with Crippen LogP contribution in [0.15, 0.2) is 22.7 Å². The van der Waals surface area contributed by atoms with Gasteiger partial charge in [-0.2, -0.15) is 0 Å². The molecule has 78 valence electrons. The average molecular weight is 272 g/mol. The fourth-order valence-corrected chi connectivity index (χ4v) is 1.86. The van der Waals surface area contributed by atoms with Crippen molar-refractivity contribution < 1.29 is 14.0 Å². The maximum atomic E-state index is 13.6. The lowest BCUT2D eigenvalue weighted by Crippen LogP contribution is -2.25. The van der Waals surface area contributed by atoms with Gasteiger partial charge in [0.15, 0.2) is 11.6 Å². The molecule has 0 aromatic heterocycles. The number of hydrogen-bond acceptors (Lipinski definition) is 2. The number of halogens is 2. The molecule has 1 fully saturated rings. The van der Waals surface area contributed by atoms with Gasteiger partial charge in [0.25, 0.3) is 0 Å². The number of Topliss-reactive ketones (excluding diaryl/α,β-unsaturated/α-hetero) is 1. The highest BCUT2D eigenvalue weighted by atomic mass is 79.9. The van der Waals surface area contributed by atoms with Gasteiger partial charge in [0.2, 0.25) is 5.91 Å². The zero-order valence-corrected chi connectivity index (χ0v) is 9.25. The highest BCUT2D eigenvalue weighted by molar-refractivity contribution is 9.10. The number of nitrogens with zero attached hydrogens (tertiary/aromatic N) is 1. The molecule has 5 heteroatoms. The van der Waals surface area contributed by atoms with Gasteiger partial charge in [0.05, 0.1) is 23.1 Å². The van der Waals surface area contributed by atoms with Crippen LogP contribution in [0.2, 0.25) is 0 Å². The highest BCUT2D eigenvalue weighted by Gasteiger charge is 2.30. The fraction of sp³-hybridized carbons (Fsp3) is 0.200. The van der Waals surface area contributed by atoms with E-state index in [0.29, 0.717) is 0 Å². The molecule has 1 aromatic carbocycles. The predicted octanol–water partition coefficient (Wildman–Crippen LogP) is 1.89. The molecule has 3 nitrogen and oxygen atoms in total. The number of benzene rings is 1. The maximum Gasteiger partial charge on any atom is 0.235 e. The summed E-state index contributed by atoms with van der Waals surface area (Å²) >= 11 is 3.03. The minimum absolute atomic E-state index is 0.0355. The van der Waals surface area contributed by atoms with Gasteiger partial charge >= 0.3 is 0 Å². The lowest BCUT2D eigenvalue weighted by atomic mass is 10.3. The Labute approximate surface area is 94.0 Å². The third-order valence-corrected chi connectivity index (χ3v) is 2.82. The molecule has 15 heavy (non-hydrogen) atoms. The van der Waals surface area contributed by atoms with Crippen molar-refractivity contribution in [1.29, 1.82) is 0 Å². The van der Waals surface area contributed by atoms with Crippen molar-refractivity contribution in [3.63, 3.8) is 0 Å². The molecule has 0 unspecified atom stereocenters. The molecule has 0 saturated carbocycles. The summed E-state index contributed by atoms with van der Waals surface area (Å²) in [5.74, 6) is -1.04. The Hall–Kier alpha value is -1.23. The second kappa shape index (κ2) is 3.73. The van der Waals surface area contributed by atoms with Gasteiger partial charge in [-0.3, -0.25) is 9.59 Å². The highest BCUT2D eigenvalue weighted by Crippen LogP contribution is 2.28. The van der Waals surface area contributed by atoms with Crippen molar-refractivity contribution in [2.24, 2.45) is 0 Å². The Morgan fingerprint density at radius 3 is 2.67 bits per heavy atom. The smallest absolute Gasteiger partial charge is 0.235 e. The Kier molecular flexibility index (Phi) is 2.56. The van der Waals surface area contributed by atoms with Crippen molar-refractivity contribution in [2.45, 2.75) is 6.42 Å². The Bertz CT molecular complexity index is 447. The van der Waals surface area contributed by atoms with Crippen LogP contribution in [-0.2, 0) is 9.59 Å². The van der Waals surface area contributed by atoms with Gasteiger partial charge < -0.3 is 4.90 Å². The molecule has 1 aliphatic heterocycles. The monoisotopic (exact) mass is 271 g/mol. The molecule has 0 radical (unpaired) electrons. The molecule has 0 N–H and O–H groups in total. The van der Waals surface area contributed by atoms with E-state index >= 15 is 0 Å².